The molecule has 1 aliphatic heterocycles. The minimum Gasteiger partial charge on any atom is -0.354 e. The number of aromatic nitrogens is 3. The lowest BCUT2D eigenvalue weighted by atomic mass is 10.2. The van der Waals surface area contributed by atoms with Gasteiger partial charge in [-0.3, -0.25) is 0 Å². The average molecular weight is 435 g/mol. The fourth-order valence-electron chi connectivity index (χ4n) is 3.41. The first-order chi connectivity index (χ1) is 13.9. The van der Waals surface area contributed by atoms with Crippen LogP contribution < -0.4 is 10.6 Å². The molecule has 0 radical (unpaired) electrons. The average Bonchev–Trinajstić information content (AvgIpc) is 3.24. The second kappa shape index (κ2) is 7.78. The smallest absolute Gasteiger partial charge is 0.196 e. The molecule has 4 rings (SSSR count). The Hall–Kier alpha value is -2.41. The third-order valence-corrected chi connectivity index (χ3v) is 6.16. The summed E-state index contributed by atoms with van der Waals surface area (Å²) in [6.45, 7) is 3.31. The lowest BCUT2D eigenvalue weighted by molar-refractivity contribution is 0.574. The van der Waals surface area contributed by atoms with Crippen LogP contribution in [0.4, 0.5) is 14.6 Å². The van der Waals surface area contributed by atoms with Gasteiger partial charge < -0.3 is 15.6 Å². The quantitative estimate of drug-likeness (QED) is 0.602. The van der Waals surface area contributed by atoms with Gasteiger partial charge in [0.05, 0.1) is 10.4 Å². The Labute approximate surface area is 175 Å². The van der Waals surface area contributed by atoms with Crippen LogP contribution in [0.25, 0.3) is 11.0 Å². The highest BCUT2D eigenvalue weighted by atomic mass is 35.5. The zero-order chi connectivity index (χ0) is 20.7. The van der Waals surface area contributed by atoms with Crippen LogP contribution in [0.15, 0.2) is 22.2 Å². The predicted molar refractivity (Wildman–Crippen MR) is 108 cm³/mol. The van der Waals surface area contributed by atoms with Crippen LogP contribution in [0, 0.1) is 23.0 Å². The number of benzene rings is 1. The van der Waals surface area contributed by atoms with Crippen LogP contribution in [-0.4, -0.2) is 34.1 Å². The van der Waals surface area contributed by atoms with E-state index in [4.69, 9.17) is 17.3 Å². The second-order valence-corrected chi connectivity index (χ2v) is 8.18. The van der Waals surface area contributed by atoms with Gasteiger partial charge in [-0.05, 0) is 30.7 Å². The zero-order valence-electron chi connectivity index (χ0n) is 15.5. The number of halogens is 3. The number of aromatic amines is 1. The molecular weight excluding hydrogens is 418 g/mol. The van der Waals surface area contributed by atoms with E-state index in [2.05, 4.69) is 15.0 Å². The number of hydrogen-bond acceptors (Lipinski definition) is 6. The molecule has 2 aromatic heterocycles. The number of H-pyrrole nitrogens is 1. The van der Waals surface area contributed by atoms with Gasteiger partial charge in [0.1, 0.15) is 34.7 Å². The summed E-state index contributed by atoms with van der Waals surface area (Å²) in [5.74, 6) is -1.06. The van der Waals surface area contributed by atoms with Gasteiger partial charge in [0, 0.05) is 35.8 Å². The van der Waals surface area contributed by atoms with Crippen LogP contribution in [0.3, 0.4) is 0 Å². The molecule has 1 atom stereocenters. The number of aryl methyl sites for hydroxylation is 1. The molecule has 6 nitrogen and oxygen atoms in total. The van der Waals surface area contributed by atoms with E-state index in [-0.39, 0.29) is 21.7 Å². The van der Waals surface area contributed by atoms with Crippen LogP contribution in [-0.2, 0) is 6.42 Å². The molecule has 3 N–H and O–H groups in total. The molecule has 0 saturated carbocycles. The third-order valence-electron chi connectivity index (χ3n) is 4.83. The molecule has 150 valence electrons. The van der Waals surface area contributed by atoms with Crippen LogP contribution in [0.2, 0.25) is 5.02 Å². The summed E-state index contributed by atoms with van der Waals surface area (Å²) in [5, 5.41) is 10.8. The molecule has 1 unspecified atom stereocenters. The minimum atomic E-state index is -0.919. The molecule has 1 aromatic carbocycles. The number of rotatable bonds is 4. The van der Waals surface area contributed by atoms with Gasteiger partial charge in [0.25, 0.3) is 0 Å². The Morgan fingerprint density at radius 2 is 2.21 bits per heavy atom. The molecule has 3 aromatic rings. The largest absolute Gasteiger partial charge is 0.354 e. The molecule has 3 heterocycles. The van der Waals surface area contributed by atoms with Gasteiger partial charge in [-0.2, -0.15) is 5.26 Å². The van der Waals surface area contributed by atoms with E-state index in [1.807, 2.05) is 11.8 Å². The summed E-state index contributed by atoms with van der Waals surface area (Å²) in [7, 11) is 0. The highest BCUT2D eigenvalue weighted by Gasteiger charge is 2.26. The van der Waals surface area contributed by atoms with Crippen LogP contribution in [0.1, 0.15) is 24.6 Å². The van der Waals surface area contributed by atoms with Crippen molar-refractivity contribution in [2.45, 2.75) is 35.9 Å². The Bertz CT molecular complexity index is 1140. The van der Waals surface area contributed by atoms with Gasteiger partial charge >= 0.3 is 0 Å². The third kappa shape index (κ3) is 3.64. The summed E-state index contributed by atoms with van der Waals surface area (Å²) >= 11 is 7.49. The summed E-state index contributed by atoms with van der Waals surface area (Å²) in [6, 6.07) is 3.59. The Balaban J connectivity index is 1.85. The Kier molecular flexibility index (Phi) is 5.34. The fraction of sp³-hybridized carbons (Fsp3) is 0.316. The molecular formula is C19H17ClF2N6S. The van der Waals surface area contributed by atoms with Gasteiger partial charge in [-0.1, -0.05) is 18.5 Å². The van der Waals surface area contributed by atoms with E-state index in [0.29, 0.717) is 40.9 Å². The summed E-state index contributed by atoms with van der Waals surface area (Å²) in [6.07, 6.45) is 1.51. The highest BCUT2D eigenvalue weighted by Crippen LogP contribution is 2.38. The number of hydrogen-bond donors (Lipinski definition) is 2. The second-order valence-electron chi connectivity index (χ2n) is 6.79. The maximum atomic E-state index is 14.0. The van der Waals surface area contributed by atoms with Crippen molar-refractivity contribution in [2.24, 2.45) is 5.73 Å². The van der Waals surface area contributed by atoms with Crippen molar-refractivity contribution in [3.05, 3.63) is 40.0 Å². The number of nitrogens with one attached hydrogen (secondary N) is 1. The summed E-state index contributed by atoms with van der Waals surface area (Å²) < 4.78 is 27.7. The molecule has 1 saturated heterocycles. The first kappa shape index (κ1) is 19.9. The van der Waals surface area contributed by atoms with Gasteiger partial charge in [-0.15, -0.1) is 0 Å². The topological polar surface area (TPSA) is 94.6 Å². The maximum absolute atomic E-state index is 14.0. The zero-order valence-corrected chi connectivity index (χ0v) is 17.0. The van der Waals surface area contributed by atoms with Crippen molar-refractivity contribution in [2.75, 3.05) is 18.0 Å². The summed E-state index contributed by atoms with van der Waals surface area (Å²) in [4.78, 5) is 14.5. The number of anilines is 1. The number of nitriles is 1. The minimum absolute atomic E-state index is 0.0296. The molecule has 29 heavy (non-hydrogen) atoms. The molecule has 0 bridgehead atoms. The first-order valence-electron chi connectivity index (χ1n) is 9.06. The molecule has 0 amide bonds. The lowest BCUT2D eigenvalue weighted by Crippen LogP contribution is -2.27. The number of nitrogens with two attached hydrogens (primary N) is 1. The van der Waals surface area contributed by atoms with E-state index in [1.54, 1.807) is 6.07 Å². The van der Waals surface area contributed by atoms with Crippen molar-refractivity contribution in [1.82, 2.24) is 15.0 Å². The summed E-state index contributed by atoms with van der Waals surface area (Å²) in [5.41, 5.74) is 7.18. The molecule has 0 aliphatic carbocycles. The van der Waals surface area contributed by atoms with Crippen molar-refractivity contribution in [3.63, 3.8) is 0 Å². The van der Waals surface area contributed by atoms with Gasteiger partial charge in [-0.25, -0.2) is 18.7 Å². The molecule has 10 heteroatoms. The van der Waals surface area contributed by atoms with Crippen molar-refractivity contribution in [3.8, 4) is 6.07 Å². The van der Waals surface area contributed by atoms with Gasteiger partial charge in [0.2, 0.25) is 0 Å². The number of nitrogens with zero attached hydrogens (tertiary/aromatic N) is 4. The van der Waals surface area contributed by atoms with E-state index < -0.39 is 11.6 Å². The monoisotopic (exact) mass is 434 g/mol. The van der Waals surface area contributed by atoms with Gasteiger partial charge in [0.15, 0.2) is 5.16 Å². The molecule has 1 aliphatic rings. The van der Waals surface area contributed by atoms with E-state index >= 15 is 0 Å². The Morgan fingerprint density at radius 1 is 1.41 bits per heavy atom. The molecule has 0 spiro atoms. The first-order valence-corrected chi connectivity index (χ1v) is 10.3. The SMILES string of the molecule is CCc1[nH]c2nc(Sc3cc(F)cc(F)c3C#N)nc(N3CCC(N)C3)c2c1Cl. The molecule has 1 fully saturated rings. The number of fused-ring (bicyclic) bond motifs is 1. The van der Waals surface area contributed by atoms with Crippen molar-refractivity contribution >= 4 is 40.2 Å². The van der Waals surface area contributed by atoms with Crippen LogP contribution >= 0.6 is 23.4 Å². The van der Waals surface area contributed by atoms with Crippen molar-refractivity contribution in [1.29, 1.82) is 5.26 Å². The van der Waals surface area contributed by atoms with Crippen molar-refractivity contribution < 1.29 is 8.78 Å². The fourth-order valence-corrected chi connectivity index (χ4v) is 4.64. The highest BCUT2D eigenvalue weighted by molar-refractivity contribution is 7.99. The van der Waals surface area contributed by atoms with Crippen LogP contribution in [0.5, 0.6) is 0 Å². The Morgan fingerprint density at radius 3 is 2.86 bits per heavy atom. The standard InChI is InChI=1S/C19H17ClF2N6S/c1-2-13-16(20)15-17(25-13)26-19(27-18(15)28-4-3-10(24)8-28)29-14-6-9(21)5-12(22)11(14)7-23/h5-6,10H,2-4,8,24H2,1H3,(H,25,26,27). The predicted octanol–water partition coefficient (Wildman–Crippen LogP) is 4.01. The van der Waals surface area contributed by atoms with E-state index in [9.17, 15) is 14.0 Å². The van der Waals surface area contributed by atoms with E-state index in [1.165, 1.54) is 0 Å². The maximum Gasteiger partial charge on any atom is 0.196 e. The van der Waals surface area contributed by atoms with E-state index in [0.717, 1.165) is 36.5 Å². The lowest BCUT2D eigenvalue weighted by Gasteiger charge is -2.18. The normalized spacial score (nSPS) is 16.6.